The van der Waals surface area contributed by atoms with Crippen LogP contribution in [0.25, 0.3) is 0 Å². The fourth-order valence-electron chi connectivity index (χ4n) is 4.09. The Hall–Kier alpha value is -2.28. The summed E-state index contributed by atoms with van der Waals surface area (Å²) in [5.74, 6) is 1.39. The lowest BCUT2D eigenvalue weighted by Crippen LogP contribution is -2.46. The molecule has 2 bridgehead atoms. The van der Waals surface area contributed by atoms with Gasteiger partial charge in [0.05, 0.1) is 26.7 Å². The molecular formula is C18H25N3O4. The lowest BCUT2D eigenvalue weighted by atomic mass is 9.84. The monoisotopic (exact) mass is 347 g/mol. The zero-order valence-corrected chi connectivity index (χ0v) is 14.6. The van der Waals surface area contributed by atoms with Crippen LogP contribution in [0.5, 0.6) is 11.5 Å². The number of amides is 2. The van der Waals surface area contributed by atoms with Gasteiger partial charge >= 0.3 is 0 Å². The lowest BCUT2D eigenvalue weighted by Gasteiger charge is -2.26. The predicted octanol–water partition coefficient (Wildman–Crippen LogP) is 1.13. The molecule has 7 heteroatoms. The molecular weight excluding hydrogens is 322 g/mol. The maximum atomic E-state index is 12.4. The standard InChI is InChI=1S/C18H25N3O4/c1-24-13-6-12(7-14(8-13)25-2)21-15(22)9-20-18(23)16-10-3-4-11(5-10)17(16)19/h6-8,10-11,16-17H,3-5,9,19H2,1-2H3,(H,20,23)(H,21,22). The van der Waals surface area contributed by atoms with Crippen molar-refractivity contribution in [2.45, 2.75) is 25.3 Å². The van der Waals surface area contributed by atoms with Crippen LogP contribution in [-0.2, 0) is 9.59 Å². The summed E-state index contributed by atoms with van der Waals surface area (Å²) in [5, 5.41) is 5.46. The number of benzene rings is 1. The first kappa shape index (κ1) is 17.5. The van der Waals surface area contributed by atoms with E-state index in [2.05, 4.69) is 10.6 Å². The van der Waals surface area contributed by atoms with Crippen molar-refractivity contribution in [2.75, 3.05) is 26.1 Å². The van der Waals surface area contributed by atoms with E-state index in [-0.39, 0.29) is 30.3 Å². The summed E-state index contributed by atoms with van der Waals surface area (Å²) in [6.07, 6.45) is 3.22. The molecule has 7 nitrogen and oxygen atoms in total. The van der Waals surface area contributed by atoms with E-state index in [0.29, 0.717) is 29.0 Å². The van der Waals surface area contributed by atoms with Crippen LogP contribution in [0.1, 0.15) is 19.3 Å². The van der Waals surface area contributed by atoms with Gasteiger partial charge in [-0.3, -0.25) is 9.59 Å². The molecule has 0 aliphatic heterocycles. The van der Waals surface area contributed by atoms with Crippen molar-refractivity contribution in [2.24, 2.45) is 23.5 Å². The lowest BCUT2D eigenvalue weighted by molar-refractivity contribution is -0.129. The predicted molar refractivity (Wildman–Crippen MR) is 93.5 cm³/mol. The van der Waals surface area contributed by atoms with Crippen LogP contribution >= 0.6 is 0 Å². The van der Waals surface area contributed by atoms with Crippen LogP contribution in [0.2, 0.25) is 0 Å². The molecule has 3 rings (SSSR count). The molecule has 2 aliphatic carbocycles. The van der Waals surface area contributed by atoms with Crippen LogP contribution < -0.4 is 25.8 Å². The van der Waals surface area contributed by atoms with Crippen molar-refractivity contribution in [3.05, 3.63) is 18.2 Å². The van der Waals surface area contributed by atoms with E-state index in [4.69, 9.17) is 15.2 Å². The SMILES string of the molecule is COc1cc(NC(=O)CNC(=O)C2C3CCC(C3)C2N)cc(OC)c1. The Bertz CT molecular complexity index is 639. The molecule has 136 valence electrons. The van der Waals surface area contributed by atoms with Crippen molar-refractivity contribution >= 4 is 17.5 Å². The first-order valence-electron chi connectivity index (χ1n) is 8.58. The maximum Gasteiger partial charge on any atom is 0.243 e. The van der Waals surface area contributed by atoms with E-state index in [1.165, 1.54) is 0 Å². The van der Waals surface area contributed by atoms with E-state index in [0.717, 1.165) is 19.3 Å². The molecule has 4 N–H and O–H groups in total. The second kappa shape index (κ2) is 7.31. The molecule has 1 aromatic rings. The number of anilines is 1. The van der Waals surface area contributed by atoms with Gasteiger partial charge in [0.1, 0.15) is 11.5 Å². The summed E-state index contributed by atoms with van der Waals surface area (Å²) in [4.78, 5) is 24.5. The molecule has 2 aliphatic rings. The number of hydrogen-bond donors (Lipinski definition) is 3. The minimum Gasteiger partial charge on any atom is -0.497 e. The molecule has 2 fully saturated rings. The Morgan fingerprint density at radius 2 is 1.76 bits per heavy atom. The number of carbonyl (C=O) groups excluding carboxylic acids is 2. The molecule has 0 radical (unpaired) electrons. The number of rotatable bonds is 6. The average Bonchev–Trinajstić information content (AvgIpc) is 3.20. The zero-order valence-electron chi connectivity index (χ0n) is 14.6. The topological polar surface area (TPSA) is 103 Å². The number of nitrogens with two attached hydrogens (primary N) is 1. The summed E-state index contributed by atoms with van der Waals surface area (Å²) in [6.45, 7) is -0.0844. The highest BCUT2D eigenvalue weighted by molar-refractivity contribution is 5.95. The minimum absolute atomic E-state index is 0.0792. The number of hydrogen-bond acceptors (Lipinski definition) is 5. The van der Waals surface area contributed by atoms with E-state index in [9.17, 15) is 9.59 Å². The molecule has 2 amide bonds. The van der Waals surface area contributed by atoms with Gasteiger partial charge in [-0.1, -0.05) is 0 Å². The fraction of sp³-hybridized carbons (Fsp3) is 0.556. The molecule has 1 aromatic carbocycles. The summed E-state index contributed by atoms with van der Waals surface area (Å²) in [7, 11) is 3.08. The van der Waals surface area contributed by atoms with E-state index in [1.54, 1.807) is 32.4 Å². The van der Waals surface area contributed by atoms with Gasteiger partial charge in [0.15, 0.2) is 0 Å². The van der Waals surface area contributed by atoms with E-state index in [1.807, 2.05) is 0 Å². The van der Waals surface area contributed by atoms with E-state index < -0.39 is 0 Å². The summed E-state index contributed by atoms with van der Waals surface area (Å²) >= 11 is 0. The van der Waals surface area contributed by atoms with Crippen LogP contribution in [0.3, 0.4) is 0 Å². The van der Waals surface area contributed by atoms with Gasteiger partial charge in [-0.05, 0) is 31.1 Å². The first-order valence-corrected chi connectivity index (χ1v) is 8.58. The summed E-state index contributed by atoms with van der Waals surface area (Å²) in [6, 6.07) is 5.01. The third kappa shape index (κ3) is 3.71. The Morgan fingerprint density at radius 3 is 2.32 bits per heavy atom. The summed E-state index contributed by atoms with van der Waals surface area (Å²) < 4.78 is 10.3. The van der Waals surface area contributed by atoms with Crippen molar-refractivity contribution in [1.29, 1.82) is 0 Å². The number of methoxy groups -OCH3 is 2. The highest BCUT2D eigenvalue weighted by Gasteiger charge is 2.48. The highest BCUT2D eigenvalue weighted by atomic mass is 16.5. The van der Waals surface area contributed by atoms with Gasteiger partial charge in [0.25, 0.3) is 0 Å². The second-order valence-corrected chi connectivity index (χ2v) is 6.80. The van der Waals surface area contributed by atoms with Gasteiger partial charge in [-0.15, -0.1) is 0 Å². The van der Waals surface area contributed by atoms with Gasteiger partial charge in [-0.2, -0.15) is 0 Å². The maximum absolute atomic E-state index is 12.4. The first-order chi connectivity index (χ1) is 12.0. The van der Waals surface area contributed by atoms with Crippen LogP contribution in [0.4, 0.5) is 5.69 Å². The Labute approximate surface area is 147 Å². The van der Waals surface area contributed by atoms with Gasteiger partial charge in [0, 0.05) is 29.9 Å². The quantitative estimate of drug-likeness (QED) is 0.716. The van der Waals surface area contributed by atoms with Gasteiger partial charge in [-0.25, -0.2) is 0 Å². The Morgan fingerprint density at radius 1 is 1.12 bits per heavy atom. The van der Waals surface area contributed by atoms with Crippen LogP contribution in [0.15, 0.2) is 18.2 Å². The van der Waals surface area contributed by atoms with Gasteiger partial charge in [0.2, 0.25) is 11.8 Å². The van der Waals surface area contributed by atoms with Crippen LogP contribution in [0, 0.1) is 17.8 Å². The number of ether oxygens (including phenoxy) is 2. The van der Waals surface area contributed by atoms with E-state index >= 15 is 0 Å². The number of fused-ring (bicyclic) bond motifs is 2. The van der Waals surface area contributed by atoms with Crippen molar-refractivity contribution < 1.29 is 19.1 Å². The molecule has 2 saturated carbocycles. The minimum atomic E-state index is -0.305. The third-order valence-electron chi connectivity index (χ3n) is 5.34. The van der Waals surface area contributed by atoms with Crippen molar-refractivity contribution in [1.82, 2.24) is 5.32 Å². The number of nitrogens with one attached hydrogen (secondary N) is 2. The molecule has 25 heavy (non-hydrogen) atoms. The molecule has 0 spiro atoms. The van der Waals surface area contributed by atoms with Crippen molar-refractivity contribution in [3.8, 4) is 11.5 Å². The molecule has 4 atom stereocenters. The van der Waals surface area contributed by atoms with Crippen molar-refractivity contribution in [3.63, 3.8) is 0 Å². The molecule has 0 heterocycles. The molecule has 0 aromatic heterocycles. The Balaban J connectivity index is 1.54. The highest BCUT2D eigenvalue weighted by Crippen LogP contribution is 2.47. The Kier molecular flexibility index (Phi) is 5.13. The van der Waals surface area contributed by atoms with Gasteiger partial charge < -0.3 is 25.8 Å². The average molecular weight is 347 g/mol. The largest absolute Gasteiger partial charge is 0.497 e. The normalized spacial score (nSPS) is 27.0. The zero-order chi connectivity index (χ0) is 18.0. The third-order valence-corrected chi connectivity index (χ3v) is 5.34. The second-order valence-electron chi connectivity index (χ2n) is 6.80. The molecule has 0 saturated heterocycles. The smallest absolute Gasteiger partial charge is 0.243 e. The van der Waals surface area contributed by atoms with Crippen LogP contribution in [-0.4, -0.2) is 38.6 Å². The molecule has 4 unspecified atom stereocenters. The fourth-order valence-corrected chi connectivity index (χ4v) is 4.09. The number of carbonyl (C=O) groups is 2. The summed E-state index contributed by atoms with van der Waals surface area (Å²) in [5.41, 5.74) is 6.72.